The van der Waals surface area contributed by atoms with Gasteiger partial charge in [-0.3, -0.25) is 25.0 Å². The number of benzene rings is 1. The molecule has 21 heavy (non-hydrogen) atoms. The van der Waals surface area contributed by atoms with Crippen molar-refractivity contribution in [2.45, 2.75) is 18.9 Å². The van der Waals surface area contributed by atoms with Gasteiger partial charge in [0, 0.05) is 30.3 Å². The van der Waals surface area contributed by atoms with E-state index in [2.05, 4.69) is 5.32 Å². The first-order valence-electron chi connectivity index (χ1n) is 6.28. The van der Waals surface area contributed by atoms with Gasteiger partial charge in [-0.2, -0.15) is 0 Å². The number of nitrogens with one attached hydrogen (secondary N) is 1. The predicted octanol–water partition coefficient (Wildman–Crippen LogP) is 1.23. The van der Waals surface area contributed by atoms with Crippen LogP contribution in [-0.4, -0.2) is 26.4 Å². The minimum absolute atomic E-state index is 0.0957. The van der Waals surface area contributed by atoms with Crippen molar-refractivity contribution in [3.8, 4) is 5.75 Å². The van der Waals surface area contributed by atoms with Gasteiger partial charge < -0.3 is 9.67 Å². The molecular weight excluding hydrogens is 278 g/mol. The summed E-state index contributed by atoms with van der Waals surface area (Å²) >= 11 is 0. The van der Waals surface area contributed by atoms with Crippen molar-refractivity contribution < 1.29 is 19.6 Å². The maximum atomic E-state index is 11.8. The lowest BCUT2D eigenvalue weighted by atomic mass is 10.1. The van der Waals surface area contributed by atoms with Crippen LogP contribution in [0.3, 0.4) is 0 Å². The molecule has 1 atom stereocenters. The number of imide groups is 1. The lowest BCUT2D eigenvalue weighted by Gasteiger charge is -2.21. The zero-order valence-electron chi connectivity index (χ0n) is 10.8. The van der Waals surface area contributed by atoms with Gasteiger partial charge >= 0.3 is 0 Å². The van der Waals surface area contributed by atoms with E-state index >= 15 is 0 Å². The number of amides is 2. The summed E-state index contributed by atoms with van der Waals surface area (Å²) in [6.45, 7) is 0. The zero-order valence-corrected chi connectivity index (χ0v) is 10.8. The molecule has 1 unspecified atom stereocenters. The first-order chi connectivity index (χ1) is 9.97. The third-order valence-corrected chi connectivity index (χ3v) is 3.56. The molecular formula is C13H11N3O5. The Morgan fingerprint density at radius 3 is 2.67 bits per heavy atom. The van der Waals surface area contributed by atoms with Crippen LogP contribution in [0.25, 0.3) is 10.8 Å². The predicted molar refractivity (Wildman–Crippen MR) is 71.7 cm³/mol. The van der Waals surface area contributed by atoms with Crippen molar-refractivity contribution in [1.82, 2.24) is 9.88 Å². The standard InChI is InChI=1S/C13H11N3O5/c17-11-3-1-9(16(20)21)7-5-15(6-8(7)11)10-2-4-12(18)14-13(10)19/h1,3,5-6,10,17H,2,4H2,(H,14,18,19). The highest BCUT2D eigenvalue weighted by molar-refractivity contribution is 6.00. The van der Waals surface area contributed by atoms with Gasteiger partial charge in [-0.1, -0.05) is 0 Å². The number of nitro groups is 1. The average molecular weight is 289 g/mol. The van der Waals surface area contributed by atoms with Crippen molar-refractivity contribution in [2.24, 2.45) is 0 Å². The number of nitro benzene ring substituents is 1. The normalized spacial score (nSPS) is 18.8. The Bertz CT molecular complexity index is 779. The molecule has 2 aromatic rings. The van der Waals surface area contributed by atoms with Gasteiger partial charge in [-0.25, -0.2) is 0 Å². The quantitative estimate of drug-likeness (QED) is 0.490. The number of phenolic OH excluding ortho intramolecular Hbond substituents is 1. The number of phenols is 1. The summed E-state index contributed by atoms with van der Waals surface area (Å²) in [5.41, 5.74) is -0.145. The fourth-order valence-corrected chi connectivity index (χ4v) is 2.53. The van der Waals surface area contributed by atoms with Crippen molar-refractivity contribution in [3.63, 3.8) is 0 Å². The first-order valence-corrected chi connectivity index (χ1v) is 6.28. The molecule has 1 aromatic carbocycles. The lowest BCUT2D eigenvalue weighted by molar-refractivity contribution is -0.383. The lowest BCUT2D eigenvalue weighted by Crippen LogP contribution is -2.41. The number of rotatable bonds is 2. The summed E-state index contributed by atoms with van der Waals surface area (Å²) in [6.07, 6.45) is 3.46. The third-order valence-electron chi connectivity index (χ3n) is 3.56. The summed E-state index contributed by atoms with van der Waals surface area (Å²) in [7, 11) is 0. The molecule has 1 aliphatic heterocycles. The second kappa shape index (κ2) is 4.58. The van der Waals surface area contributed by atoms with Crippen LogP contribution in [0.5, 0.6) is 5.75 Å². The van der Waals surface area contributed by atoms with Crippen molar-refractivity contribution in [3.05, 3.63) is 34.6 Å². The Morgan fingerprint density at radius 2 is 2.00 bits per heavy atom. The molecule has 8 nitrogen and oxygen atoms in total. The van der Waals surface area contributed by atoms with E-state index in [9.17, 15) is 24.8 Å². The molecule has 1 saturated heterocycles. The van der Waals surface area contributed by atoms with Crippen LogP contribution in [0.2, 0.25) is 0 Å². The summed E-state index contributed by atoms with van der Waals surface area (Å²) < 4.78 is 1.50. The summed E-state index contributed by atoms with van der Waals surface area (Å²) in [6, 6.07) is 1.84. The molecule has 2 heterocycles. The van der Waals surface area contributed by atoms with E-state index in [0.29, 0.717) is 11.8 Å². The van der Waals surface area contributed by atoms with E-state index in [0.717, 1.165) is 0 Å². The molecule has 1 aliphatic rings. The summed E-state index contributed by atoms with van der Waals surface area (Å²) in [4.78, 5) is 33.5. The molecule has 3 rings (SSSR count). The van der Waals surface area contributed by atoms with E-state index < -0.39 is 16.9 Å². The SMILES string of the molecule is O=C1CCC(n2cc3c(O)ccc([N+](=O)[O-])c3c2)C(=O)N1. The number of nitrogens with zero attached hydrogens (tertiary/aromatic N) is 2. The summed E-state index contributed by atoms with van der Waals surface area (Å²) in [5, 5.41) is 23.6. The molecule has 0 aliphatic carbocycles. The largest absolute Gasteiger partial charge is 0.507 e. The molecule has 1 aromatic heterocycles. The fourth-order valence-electron chi connectivity index (χ4n) is 2.53. The van der Waals surface area contributed by atoms with Crippen LogP contribution in [0.1, 0.15) is 18.9 Å². The van der Waals surface area contributed by atoms with Gasteiger partial charge in [0.15, 0.2) is 0 Å². The van der Waals surface area contributed by atoms with Gasteiger partial charge in [0.2, 0.25) is 11.8 Å². The van der Waals surface area contributed by atoms with Gasteiger partial charge in [-0.15, -0.1) is 0 Å². The van der Waals surface area contributed by atoms with E-state index in [1.54, 1.807) is 0 Å². The van der Waals surface area contributed by atoms with Gasteiger partial charge in [-0.05, 0) is 12.5 Å². The number of hydrogen-bond donors (Lipinski definition) is 2. The Hall–Kier alpha value is -2.90. The van der Waals surface area contributed by atoms with Crippen LogP contribution in [0, 0.1) is 10.1 Å². The van der Waals surface area contributed by atoms with Crippen molar-refractivity contribution in [2.75, 3.05) is 0 Å². The molecule has 1 fully saturated rings. The molecule has 2 N–H and O–H groups in total. The van der Waals surface area contributed by atoms with E-state index in [4.69, 9.17) is 0 Å². The molecule has 0 bridgehead atoms. The molecule has 8 heteroatoms. The molecule has 2 amide bonds. The van der Waals surface area contributed by atoms with Gasteiger partial charge in [0.05, 0.1) is 10.3 Å². The Labute approximate surface area is 118 Å². The number of fused-ring (bicyclic) bond motifs is 1. The smallest absolute Gasteiger partial charge is 0.279 e. The monoisotopic (exact) mass is 289 g/mol. The number of piperidine rings is 1. The van der Waals surface area contributed by atoms with E-state index in [1.807, 2.05) is 0 Å². The number of aromatic nitrogens is 1. The van der Waals surface area contributed by atoms with Crippen LogP contribution < -0.4 is 5.32 Å². The Morgan fingerprint density at radius 1 is 1.29 bits per heavy atom. The number of non-ortho nitro benzene ring substituents is 1. The maximum absolute atomic E-state index is 11.8. The average Bonchev–Trinajstić information content (AvgIpc) is 2.84. The highest BCUT2D eigenvalue weighted by atomic mass is 16.6. The second-order valence-corrected chi connectivity index (χ2v) is 4.86. The van der Waals surface area contributed by atoms with Crippen molar-refractivity contribution in [1.29, 1.82) is 0 Å². The first kappa shape index (κ1) is 13.1. The highest BCUT2D eigenvalue weighted by Crippen LogP contribution is 2.34. The van der Waals surface area contributed by atoms with Crippen LogP contribution >= 0.6 is 0 Å². The number of aromatic hydroxyl groups is 1. The maximum Gasteiger partial charge on any atom is 0.279 e. The van der Waals surface area contributed by atoms with Crippen LogP contribution in [0.15, 0.2) is 24.5 Å². The van der Waals surface area contributed by atoms with E-state index in [1.165, 1.54) is 29.1 Å². The van der Waals surface area contributed by atoms with Crippen molar-refractivity contribution >= 4 is 28.3 Å². The number of hydrogen-bond acceptors (Lipinski definition) is 5. The Kier molecular flexibility index (Phi) is 2.86. The fraction of sp³-hybridized carbons (Fsp3) is 0.231. The van der Waals surface area contributed by atoms with Crippen LogP contribution in [-0.2, 0) is 9.59 Å². The van der Waals surface area contributed by atoms with E-state index in [-0.39, 0.29) is 29.2 Å². The molecule has 108 valence electrons. The van der Waals surface area contributed by atoms with Crippen LogP contribution in [0.4, 0.5) is 5.69 Å². The summed E-state index contributed by atoms with van der Waals surface area (Å²) in [5.74, 6) is -0.878. The Balaban J connectivity index is 2.11. The van der Waals surface area contributed by atoms with Gasteiger partial charge in [0.25, 0.3) is 5.69 Å². The minimum atomic E-state index is -0.617. The number of carbonyl (C=O) groups excluding carboxylic acids is 2. The topological polar surface area (TPSA) is 114 Å². The molecule has 0 spiro atoms. The molecule has 0 saturated carbocycles. The minimum Gasteiger partial charge on any atom is -0.507 e. The zero-order chi connectivity index (χ0) is 15.1. The third kappa shape index (κ3) is 2.10. The van der Waals surface area contributed by atoms with Gasteiger partial charge in [0.1, 0.15) is 11.8 Å². The highest BCUT2D eigenvalue weighted by Gasteiger charge is 2.29. The molecule has 0 radical (unpaired) electrons. The second-order valence-electron chi connectivity index (χ2n) is 4.86. The number of carbonyl (C=O) groups is 2.